The molecule has 3 aromatic rings. The van der Waals surface area contributed by atoms with Crippen LogP contribution in [-0.2, 0) is 4.79 Å². The molecule has 0 radical (unpaired) electrons. The summed E-state index contributed by atoms with van der Waals surface area (Å²) >= 11 is 1.47. The maximum atomic E-state index is 12.2. The molecule has 0 saturated heterocycles. The first-order valence-electron chi connectivity index (χ1n) is 8.15. The van der Waals surface area contributed by atoms with E-state index in [0.717, 1.165) is 21.9 Å². The van der Waals surface area contributed by atoms with Crippen molar-refractivity contribution in [3.8, 4) is 11.4 Å². The molecule has 2 aromatic carbocycles. The van der Waals surface area contributed by atoms with Crippen molar-refractivity contribution in [2.75, 3.05) is 17.7 Å². The summed E-state index contributed by atoms with van der Waals surface area (Å²) in [5, 5.41) is 14.1. The van der Waals surface area contributed by atoms with E-state index in [1.807, 2.05) is 56.3 Å². The third kappa shape index (κ3) is 4.60. The zero-order valence-electron chi connectivity index (χ0n) is 14.5. The molecule has 0 saturated carbocycles. The number of carbonyl (C=O) groups is 1. The van der Waals surface area contributed by atoms with E-state index in [1.165, 1.54) is 18.1 Å². The molecule has 0 atom stereocenters. The third-order valence-corrected chi connectivity index (χ3v) is 4.61. The third-order valence-electron chi connectivity index (χ3n) is 3.59. The number of anilines is 1. The van der Waals surface area contributed by atoms with Gasteiger partial charge in [-0.3, -0.25) is 4.79 Å². The molecule has 1 aromatic heterocycles. The molecule has 0 fully saturated rings. The summed E-state index contributed by atoms with van der Waals surface area (Å²) in [6.07, 6.45) is 1.52. The number of hydrogen-bond acceptors (Lipinski definition) is 6. The van der Waals surface area contributed by atoms with Crippen LogP contribution in [0.15, 0.2) is 53.7 Å². The van der Waals surface area contributed by atoms with E-state index in [2.05, 4.69) is 20.8 Å². The summed E-state index contributed by atoms with van der Waals surface area (Å²) in [5.74, 6) is 1.08. The Hall–Kier alpha value is -2.87. The lowest BCUT2D eigenvalue weighted by Crippen LogP contribution is -2.14. The lowest BCUT2D eigenvalue weighted by atomic mass is 10.2. The van der Waals surface area contributed by atoms with Crippen LogP contribution in [0.5, 0.6) is 5.75 Å². The number of carbonyl (C=O) groups excluding carboxylic acids is 1. The van der Waals surface area contributed by atoms with Gasteiger partial charge in [0.2, 0.25) is 5.91 Å². The van der Waals surface area contributed by atoms with Gasteiger partial charge in [0.1, 0.15) is 12.1 Å². The molecule has 8 heteroatoms. The first-order valence-corrected chi connectivity index (χ1v) is 9.14. The Morgan fingerprint density at radius 2 is 2.04 bits per heavy atom. The highest BCUT2D eigenvalue weighted by Gasteiger charge is 2.08. The van der Waals surface area contributed by atoms with E-state index in [4.69, 9.17) is 4.74 Å². The van der Waals surface area contributed by atoms with Gasteiger partial charge >= 0.3 is 0 Å². The van der Waals surface area contributed by atoms with Gasteiger partial charge in [0, 0.05) is 10.6 Å². The number of rotatable bonds is 7. The molecule has 0 bridgehead atoms. The van der Waals surface area contributed by atoms with E-state index < -0.39 is 0 Å². The molecular formula is C18H19N5O2S. The first kappa shape index (κ1) is 17.9. The van der Waals surface area contributed by atoms with E-state index in [1.54, 1.807) is 4.68 Å². The largest absolute Gasteiger partial charge is 0.494 e. The van der Waals surface area contributed by atoms with E-state index in [0.29, 0.717) is 18.0 Å². The number of hydrogen-bond donors (Lipinski definition) is 1. The number of ether oxygens (including phenoxy) is 1. The van der Waals surface area contributed by atoms with Gasteiger partial charge < -0.3 is 10.1 Å². The topological polar surface area (TPSA) is 81.9 Å². The van der Waals surface area contributed by atoms with Gasteiger partial charge in [0.25, 0.3) is 0 Å². The summed E-state index contributed by atoms with van der Waals surface area (Å²) in [6, 6.07) is 13.3. The molecule has 7 nitrogen and oxygen atoms in total. The Morgan fingerprint density at radius 3 is 2.73 bits per heavy atom. The van der Waals surface area contributed by atoms with Crippen molar-refractivity contribution in [2.45, 2.75) is 18.7 Å². The molecule has 3 rings (SSSR count). The van der Waals surface area contributed by atoms with Crippen LogP contribution in [0.3, 0.4) is 0 Å². The van der Waals surface area contributed by atoms with Crippen molar-refractivity contribution < 1.29 is 9.53 Å². The van der Waals surface area contributed by atoms with Gasteiger partial charge in [0.15, 0.2) is 0 Å². The van der Waals surface area contributed by atoms with Gasteiger partial charge in [0.05, 0.1) is 18.0 Å². The SMILES string of the molecule is CCOc1ccc(SCC(=O)Nc2ccc(C)c(-n3cnnn3)c2)cc1. The van der Waals surface area contributed by atoms with Crippen LogP contribution in [0.2, 0.25) is 0 Å². The van der Waals surface area contributed by atoms with Gasteiger partial charge in [-0.05, 0) is 66.2 Å². The monoisotopic (exact) mass is 369 g/mol. The standard InChI is InChI=1S/C18H19N5O2S/c1-3-25-15-6-8-16(9-7-15)26-11-18(24)20-14-5-4-13(2)17(10-14)23-12-19-21-22-23/h4-10,12H,3,11H2,1-2H3,(H,20,24). The number of nitrogens with one attached hydrogen (secondary N) is 1. The minimum absolute atomic E-state index is 0.0737. The summed E-state index contributed by atoms with van der Waals surface area (Å²) < 4.78 is 6.98. The van der Waals surface area contributed by atoms with Crippen LogP contribution in [0.4, 0.5) is 5.69 Å². The number of aromatic nitrogens is 4. The molecule has 0 aliphatic rings. The Morgan fingerprint density at radius 1 is 1.23 bits per heavy atom. The van der Waals surface area contributed by atoms with Crippen molar-refractivity contribution in [1.29, 1.82) is 0 Å². The van der Waals surface area contributed by atoms with Crippen LogP contribution in [-0.4, -0.2) is 38.5 Å². The molecule has 1 heterocycles. The highest BCUT2D eigenvalue weighted by Crippen LogP contribution is 2.22. The zero-order chi connectivity index (χ0) is 18.4. The smallest absolute Gasteiger partial charge is 0.234 e. The molecule has 1 amide bonds. The summed E-state index contributed by atoms with van der Waals surface area (Å²) in [4.78, 5) is 13.2. The lowest BCUT2D eigenvalue weighted by molar-refractivity contribution is -0.113. The summed E-state index contributed by atoms with van der Waals surface area (Å²) in [6.45, 7) is 4.55. The predicted octanol–water partition coefficient (Wildman–Crippen LogP) is 3.10. The Kier molecular flexibility index (Phi) is 5.85. The van der Waals surface area contributed by atoms with Gasteiger partial charge in [-0.15, -0.1) is 16.9 Å². The number of nitrogens with zero attached hydrogens (tertiary/aromatic N) is 4. The lowest BCUT2D eigenvalue weighted by Gasteiger charge is -2.09. The number of benzene rings is 2. The number of amides is 1. The Labute approximate surface area is 155 Å². The fraction of sp³-hybridized carbons (Fsp3) is 0.222. The second-order valence-electron chi connectivity index (χ2n) is 5.50. The molecule has 1 N–H and O–H groups in total. The average Bonchev–Trinajstić information content (AvgIpc) is 3.17. The van der Waals surface area contributed by atoms with E-state index in [-0.39, 0.29) is 5.91 Å². The van der Waals surface area contributed by atoms with E-state index in [9.17, 15) is 4.79 Å². The molecule has 0 spiro atoms. The minimum Gasteiger partial charge on any atom is -0.494 e. The highest BCUT2D eigenvalue weighted by molar-refractivity contribution is 8.00. The molecule has 0 unspecified atom stereocenters. The average molecular weight is 369 g/mol. The summed E-state index contributed by atoms with van der Waals surface area (Å²) in [5.41, 5.74) is 2.55. The Bertz CT molecular complexity index is 866. The predicted molar refractivity (Wildman–Crippen MR) is 101 cm³/mol. The number of aryl methyl sites for hydroxylation is 1. The zero-order valence-corrected chi connectivity index (χ0v) is 15.4. The highest BCUT2D eigenvalue weighted by atomic mass is 32.2. The van der Waals surface area contributed by atoms with Gasteiger partial charge in [-0.1, -0.05) is 6.07 Å². The fourth-order valence-electron chi connectivity index (χ4n) is 2.35. The van der Waals surface area contributed by atoms with Crippen LogP contribution in [0.25, 0.3) is 5.69 Å². The van der Waals surface area contributed by atoms with Crippen LogP contribution < -0.4 is 10.1 Å². The molecular weight excluding hydrogens is 350 g/mol. The second kappa shape index (κ2) is 8.48. The van der Waals surface area contributed by atoms with Crippen molar-refractivity contribution in [3.63, 3.8) is 0 Å². The molecule has 26 heavy (non-hydrogen) atoms. The minimum atomic E-state index is -0.0737. The molecule has 0 aliphatic carbocycles. The normalized spacial score (nSPS) is 10.5. The van der Waals surface area contributed by atoms with Crippen LogP contribution in [0, 0.1) is 6.92 Å². The van der Waals surface area contributed by atoms with Crippen LogP contribution in [0.1, 0.15) is 12.5 Å². The van der Waals surface area contributed by atoms with Crippen molar-refractivity contribution >= 4 is 23.4 Å². The van der Waals surface area contributed by atoms with Crippen LogP contribution >= 0.6 is 11.8 Å². The first-order chi connectivity index (χ1) is 12.7. The Balaban J connectivity index is 1.59. The van der Waals surface area contributed by atoms with Crippen molar-refractivity contribution in [1.82, 2.24) is 20.2 Å². The second-order valence-corrected chi connectivity index (χ2v) is 6.55. The number of tetrazole rings is 1. The van der Waals surface area contributed by atoms with Crippen molar-refractivity contribution in [2.24, 2.45) is 0 Å². The quantitative estimate of drug-likeness (QED) is 0.645. The maximum Gasteiger partial charge on any atom is 0.234 e. The summed E-state index contributed by atoms with van der Waals surface area (Å²) in [7, 11) is 0. The fourth-order valence-corrected chi connectivity index (χ4v) is 3.05. The van der Waals surface area contributed by atoms with E-state index >= 15 is 0 Å². The molecule has 0 aliphatic heterocycles. The molecule has 134 valence electrons. The van der Waals surface area contributed by atoms with Crippen molar-refractivity contribution in [3.05, 3.63) is 54.4 Å². The van der Waals surface area contributed by atoms with Gasteiger partial charge in [-0.2, -0.15) is 0 Å². The maximum absolute atomic E-state index is 12.2. The van der Waals surface area contributed by atoms with Gasteiger partial charge in [-0.25, -0.2) is 4.68 Å². The number of thioether (sulfide) groups is 1.